The predicted molar refractivity (Wildman–Crippen MR) is 178 cm³/mol. The van der Waals surface area contributed by atoms with Crippen LogP contribution in [-0.2, 0) is 9.59 Å². The first-order chi connectivity index (χ1) is 20.6. The lowest BCUT2D eigenvalue weighted by molar-refractivity contribution is -0.115. The Balaban J connectivity index is 1.50. The zero-order valence-corrected chi connectivity index (χ0v) is 25.8. The van der Waals surface area contributed by atoms with Gasteiger partial charge in [-0.3, -0.25) is 14.4 Å². The molecule has 7 nitrogen and oxygen atoms in total. The average Bonchev–Trinajstić information content (AvgIpc) is 2.99. The molecule has 3 amide bonds. The fourth-order valence-electron chi connectivity index (χ4n) is 4.32. The summed E-state index contributed by atoms with van der Waals surface area (Å²) >= 11 is 1.39. The highest BCUT2D eigenvalue weighted by molar-refractivity contribution is 8.00. The monoisotopic (exact) mass is 592 g/mol. The van der Waals surface area contributed by atoms with E-state index < -0.39 is 5.91 Å². The zero-order chi connectivity index (χ0) is 30.9. The molecule has 4 aromatic carbocycles. The fourth-order valence-corrected chi connectivity index (χ4v) is 5.24. The molecule has 4 rings (SSSR count). The maximum absolute atomic E-state index is 13.5. The van der Waals surface area contributed by atoms with E-state index in [9.17, 15) is 14.4 Å². The van der Waals surface area contributed by atoms with E-state index in [1.807, 2.05) is 106 Å². The number of carbonyl (C=O) groups excluding carboxylic acids is 3. The third kappa shape index (κ3) is 8.59. The van der Waals surface area contributed by atoms with Crippen molar-refractivity contribution < 1.29 is 14.4 Å². The smallest absolute Gasteiger partial charge is 0.272 e. The molecule has 0 aliphatic heterocycles. The van der Waals surface area contributed by atoms with E-state index in [-0.39, 0.29) is 22.8 Å². The third-order valence-corrected chi connectivity index (χ3v) is 7.85. The molecular formula is C35H36N4O3S. The maximum Gasteiger partial charge on any atom is 0.272 e. The third-order valence-electron chi connectivity index (χ3n) is 6.75. The Labute approximate surface area is 257 Å². The molecule has 1 atom stereocenters. The molecule has 0 bridgehead atoms. The van der Waals surface area contributed by atoms with Crippen LogP contribution in [0.2, 0.25) is 0 Å². The normalized spacial score (nSPS) is 11.8. The number of rotatable bonds is 10. The van der Waals surface area contributed by atoms with Crippen LogP contribution in [0.5, 0.6) is 0 Å². The minimum Gasteiger partial charge on any atom is -0.378 e. The lowest BCUT2D eigenvalue weighted by atomic mass is 10.1. The summed E-state index contributed by atoms with van der Waals surface area (Å²) in [6.45, 7) is 5.78. The molecule has 220 valence electrons. The van der Waals surface area contributed by atoms with Gasteiger partial charge < -0.3 is 20.9 Å². The van der Waals surface area contributed by atoms with Crippen molar-refractivity contribution in [2.24, 2.45) is 0 Å². The van der Waals surface area contributed by atoms with Gasteiger partial charge in [0, 0.05) is 41.6 Å². The van der Waals surface area contributed by atoms with Crippen molar-refractivity contribution in [3.63, 3.8) is 0 Å². The summed E-state index contributed by atoms with van der Waals surface area (Å²) < 4.78 is 0. The van der Waals surface area contributed by atoms with Gasteiger partial charge in [0.25, 0.3) is 11.8 Å². The van der Waals surface area contributed by atoms with Crippen LogP contribution >= 0.6 is 11.8 Å². The van der Waals surface area contributed by atoms with Gasteiger partial charge in [-0.2, -0.15) is 0 Å². The van der Waals surface area contributed by atoms with Crippen molar-refractivity contribution in [2.75, 3.05) is 29.6 Å². The van der Waals surface area contributed by atoms with Gasteiger partial charge in [0.05, 0.1) is 5.25 Å². The van der Waals surface area contributed by atoms with Gasteiger partial charge >= 0.3 is 0 Å². The molecule has 0 aromatic heterocycles. The largest absolute Gasteiger partial charge is 0.378 e. The second-order valence-corrected chi connectivity index (χ2v) is 11.8. The van der Waals surface area contributed by atoms with Gasteiger partial charge in [-0.15, -0.1) is 11.8 Å². The van der Waals surface area contributed by atoms with Crippen LogP contribution in [0.15, 0.2) is 108 Å². The van der Waals surface area contributed by atoms with E-state index in [0.29, 0.717) is 11.3 Å². The molecule has 0 saturated carbocycles. The number of aryl methyl sites for hydroxylation is 2. The highest BCUT2D eigenvalue weighted by atomic mass is 32.2. The van der Waals surface area contributed by atoms with Crippen LogP contribution in [-0.4, -0.2) is 37.1 Å². The van der Waals surface area contributed by atoms with Gasteiger partial charge in [0.15, 0.2) is 0 Å². The molecular weight excluding hydrogens is 556 g/mol. The van der Waals surface area contributed by atoms with E-state index in [1.54, 1.807) is 36.4 Å². The average molecular weight is 593 g/mol. The summed E-state index contributed by atoms with van der Waals surface area (Å²) in [5.74, 6) is -0.963. The number of para-hydroxylation sites is 1. The summed E-state index contributed by atoms with van der Waals surface area (Å²) in [4.78, 5) is 42.2. The Hall–Kier alpha value is -4.82. The molecule has 0 fully saturated rings. The molecule has 0 aliphatic rings. The Kier molecular flexibility index (Phi) is 10.4. The summed E-state index contributed by atoms with van der Waals surface area (Å²) in [6, 6.07) is 29.6. The lowest BCUT2D eigenvalue weighted by Crippen LogP contribution is -2.30. The number of carbonyl (C=O) groups is 3. The SMILES string of the molecule is Cc1cccc(C)c1NC(=O)C(C)Sc1cccc(NC(=O)/C(=C\c2ccc(N(C)C)cc2)NC(=O)c2ccccc2)c1. The van der Waals surface area contributed by atoms with Crippen molar-refractivity contribution >= 4 is 52.6 Å². The lowest BCUT2D eigenvalue weighted by Gasteiger charge is -2.16. The molecule has 0 spiro atoms. The Morgan fingerprint density at radius 3 is 2.09 bits per heavy atom. The number of anilines is 3. The van der Waals surface area contributed by atoms with Crippen LogP contribution in [0.25, 0.3) is 6.08 Å². The summed E-state index contributed by atoms with van der Waals surface area (Å²) in [7, 11) is 3.91. The number of hydrogen-bond donors (Lipinski definition) is 3. The van der Waals surface area contributed by atoms with Crippen LogP contribution in [0.4, 0.5) is 17.1 Å². The highest BCUT2D eigenvalue weighted by Crippen LogP contribution is 2.28. The number of hydrogen-bond acceptors (Lipinski definition) is 5. The second kappa shape index (κ2) is 14.4. The van der Waals surface area contributed by atoms with Crippen LogP contribution in [0.3, 0.4) is 0 Å². The summed E-state index contributed by atoms with van der Waals surface area (Å²) in [5.41, 5.74) is 5.70. The summed E-state index contributed by atoms with van der Waals surface area (Å²) in [5, 5.41) is 8.34. The van der Waals surface area contributed by atoms with Gasteiger partial charge in [-0.1, -0.05) is 54.6 Å². The van der Waals surface area contributed by atoms with Gasteiger partial charge in [-0.05, 0) is 86.0 Å². The first-order valence-electron chi connectivity index (χ1n) is 13.9. The minimum absolute atomic E-state index is 0.103. The molecule has 0 radical (unpaired) electrons. The molecule has 1 unspecified atom stereocenters. The molecule has 3 N–H and O–H groups in total. The van der Waals surface area contributed by atoms with Gasteiger partial charge in [0.2, 0.25) is 5.91 Å². The number of amides is 3. The van der Waals surface area contributed by atoms with E-state index in [2.05, 4.69) is 16.0 Å². The Bertz CT molecular complexity index is 1610. The Morgan fingerprint density at radius 1 is 0.791 bits per heavy atom. The molecule has 43 heavy (non-hydrogen) atoms. The van der Waals surface area contributed by atoms with Crippen LogP contribution in [0, 0.1) is 13.8 Å². The highest BCUT2D eigenvalue weighted by Gasteiger charge is 2.18. The number of benzene rings is 4. The number of nitrogens with one attached hydrogen (secondary N) is 3. The van der Waals surface area contributed by atoms with E-state index in [4.69, 9.17) is 0 Å². The van der Waals surface area contributed by atoms with E-state index in [0.717, 1.165) is 33.0 Å². The standard InChI is InChI=1S/C35H36N4O3S/c1-23-11-9-12-24(2)32(23)38-33(40)25(3)43-30-16-10-15-28(22-30)36-35(42)31(37-34(41)27-13-7-6-8-14-27)21-26-17-19-29(20-18-26)39(4)5/h6-22,25H,1-5H3,(H,36,42)(H,37,41)(H,38,40)/b31-21+. The predicted octanol–water partition coefficient (Wildman–Crippen LogP) is 6.90. The molecule has 4 aromatic rings. The van der Waals surface area contributed by atoms with E-state index >= 15 is 0 Å². The fraction of sp³-hybridized carbons (Fsp3) is 0.171. The Morgan fingerprint density at radius 2 is 1.44 bits per heavy atom. The summed E-state index contributed by atoms with van der Waals surface area (Å²) in [6.07, 6.45) is 1.65. The number of thioether (sulfide) groups is 1. The van der Waals surface area contributed by atoms with E-state index in [1.165, 1.54) is 11.8 Å². The quantitative estimate of drug-likeness (QED) is 0.138. The van der Waals surface area contributed by atoms with Crippen molar-refractivity contribution in [1.82, 2.24) is 5.32 Å². The molecule has 0 aliphatic carbocycles. The van der Waals surface area contributed by atoms with Crippen molar-refractivity contribution in [3.05, 3.63) is 125 Å². The van der Waals surface area contributed by atoms with Crippen molar-refractivity contribution in [3.8, 4) is 0 Å². The van der Waals surface area contributed by atoms with Gasteiger partial charge in [0.1, 0.15) is 5.70 Å². The van der Waals surface area contributed by atoms with Crippen molar-refractivity contribution in [2.45, 2.75) is 30.9 Å². The van der Waals surface area contributed by atoms with Crippen LogP contribution in [0.1, 0.15) is 34.0 Å². The molecule has 8 heteroatoms. The minimum atomic E-state index is -0.469. The number of nitrogens with zero attached hydrogens (tertiary/aromatic N) is 1. The second-order valence-electron chi connectivity index (χ2n) is 10.4. The topological polar surface area (TPSA) is 90.5 Å². The maximum atomic E-state index is 13.5. The van der Waals surface area contributed by atoms with Crippen LogP contribution < -0.4 is 20.9 Å². The zero-order valence-electron chi connectivity index (χ0n) is 25.0. The van der Waals surface area contributed by atoms with Gasteiger partial charge in [-0.25, -0.2) is 0 Å². The van der Waals surface area contributed by atoms with Crippen molar-refractivity contribution in [1.29, 1.82) is 0 Å². The molecule has 0 heterocycles. The molecule has 0 saturated heterocycles. The first-order valence-corrected chi connectivity index (χ1v) is 14.8. The first kappa shape index (κ1) is 31.1.